The molecule has 0 amide bonds. The van der Waals surface area contributed by atoms with Crippen LogP contribution in [0.4, 0.5) is 34.9 Å². The minimum Gasteiger partial charge on any atom is -0.505 e. The lowest BCUT2D eigenvalue weighted by Gasteiger charge is -2.26. The molecule has 1 aliphatic carbocycles. The van der Waals surface area contributed by atoms with Crippen molar-refractivity contribution in [2.75, 3.05) is 28.7 Å². The Morgan fingerprint density at radius 2 is 1.58 bits per heavy atom. The number of nitrogens with two attached hydrogens (primary N) is 1. The van der Waals surface area contributed by atoms with Crippen molar-refractivity contribution in [1.82, 2.24) is 15.0 Å². The molecule has 4 aromatic rings. The van der Waals surface area contributed by atoms with Gasteiger partial charge in [-0.1, -0.05) is 39.4 Å². The molecule has 8 N–H and O–H groups in total. The topological polar surface area (TPSA) is 293 Å². The maximum atomic E-state index is 13.0. The summed E-state index contributed by atoms with van der Waals surface area (Å²) in [5.74, 6) is -0.710. The summed E-state index contributed by atoms with van der Waals surface area (Å²) < 4.78 is 44.1. The summed E-state index contributed by atoms with van der Waals surface area (Å²) >= 11 is 1.58. The third-order valence-corrected chi connectivity index (χ3v) is 11.2. The van der Waals surface area contributed by atoms with Gasteiger partial charge in [-0.2, -0.15) is 25.2 Å². The number of azo groups is 1. The lowest BCUT2D eigenvalue weighted by molar-refractivity contribution is -0.434. The van der Waals surface area contributed by atoms with Gasteiger partial charge in [-0.25, -0.2) is 24.2 Å². The second kappa shape index (κ2) is 19.4. The molecular weight excluding hydrogens is 773 g/mol. The van der Waals surface area contributed by atoms with Crippen molar-refractivity contribution in [2.24, 2.45) is 10.2 Å². The van der Waals surface area contributed by atoms with Gasteiger partial charge in [0.15, 0.2) is 27.9 Å². The molecule has 2 unspecified atom stereocenters. The van der Waals surface area contributed by atoms with Crippen molar-refractivity contribution in [3.05, 3.63) is 48.5 Å². The van der Waals surface area contributed by atoms with Crippen LogP contribution in [0.3, 0.4) is 0 Å². The number of anilines is 5. The third-order valence-electron chi connectivity index (χ3n) is 7.40. The van der Waals surface area contributed by atoms with Crippen LogP contribution < -0.4 is 16.4 Å². The second-order valence-corrected chi connectivity index (χ2v) is 15.0. The molecule has 3 aromatic carbocycles. The summed E-state index contributed by atoms with van der Waals surface area (Å²) in [5, 5.41) is 62.8. The number of benzene rings is 3. The molecule has 21 nitrogen and oxygen atoms in total. The molecule has 0 saturated heterocycles. The standard InChI is InChI=1S/C27H30N8O13S4/c28-25-31-26(29-18-8-1-2-10-20(18)49-46-43-37)33-27(32-25)30-19-9-3-5-15-13-21(50-47-44-38)23(24(36)22(15)19)35-34-16-6-4-7-17(14-16)52(40,41)12-11-42-51-48-45-39/h1-3,5,8-10,13,16-17,36-39H,4,6-7,11-12,14H2,(H4,28,29,30,31,32,33). The fraction of sp³-hybridized carbons (Fsp3) is 0.296. The van der Waals surface area contributed by atoms with Gasteiger partial charge in [0.1, 0.15) is 5.69 Å². The molecule has 0 radical (unpaired) electrons. The Kier molecular flexibility index (Phi) is 14.8. The highest BCUT2D eigenvalue weighted by molar-refractivity contribution is 7.95. The highest BCUT2D eigenvalue weighted by atomic mass is 32.2. The van der Waals surface area contributed by atoms with E-state index in [0.717, 1.165) is 12.0 Å². The lowest BCUT2D eigenvalue weighted by Crippen LogP contribution is -2.32. The van der Waals surface area contributed by atoms with Crippen LogP contribution in [0.25, 0.3) is 10.8 Å². The summed E-state index contributed by atoms with van der Waals surface area (Å²) in [6, 6.07) is 13.0. The van der Waals surface area contributed by atoms with Crippen molar-refractivity contribution in [3.63, 3.8) is 0 Å². The zero-order chi connectivity index (χ0) is 36.9. The summed E-state index contributed by atoms with van der Waals surface area (Å²) in [5.41, 5.74) is 6.77. The number of aromatic hydroxyl groups is 1. The van der Waals surface area contributed by atoms with Gasteiger partial charge in [-0.05, 0) is 55.3 Å². The first-order chi connectivity index (χ1) is 25.2. The van der Waals surface area contributed by atoms with Crippen LogP contribution in [0, 0.1) is 0 Å². The van der Waals surface area contributed by atoms with Crippen LogP contribution in [0.1, 0.15) is 25.7 Å². The maximum Gasteiger partial charge on any atom is 0.233 e. The van der Waals surface area contributed by atoms with E-state index in [1.165, 1.54) is 0 Å². The number of hydrogen-bond donors (Lipinski definition) is 7. The third kappa shape index (κ3) is 10.7. The van der Waals surface area contributed by atoms with E-state index in [4.69, 9.17) is 25.7 Å². The molecule has 0 aliphatic heterocycles. The molecule has 1 fully saturated rings. The predicted octanol–water partition coefficient (Wildman–Crippen LogP) is 6.47. The first-order valence-corrected chi connectivity index (χ1v) is 18.7. The minimum absolute atomic E-state index is 0.00771. The van der Waals surface area contributed by atoms with Crippen molar-refractivity contribution < 1.29 is 61.6 Å². The van der Waals surface area contributed by atoms with Crippen LogP contribution >= 0.6 is 36.4 Å². The molecule has 2 atom stereocenters. The van der Waals surface area contributed by atoms with Crippen LogP contribution in [0.2, 0.25) is 0 Å². The Bertz CT molecular complexity index is 1950. The number of sulfone groups is 1. The van der Waals surface area contributed by atoms with Gasteiger partial charge in [-0.3, -0.25) is 4.18 Å². The molecule has 1 aromatic heterocycles. The fourth-order valence-corrected chi connectivity index (χ4v) is 8.18. The van der Waals surface area contributed by atoms with Gasteiger partial charge in [0, 0.05) is 5.39 Å². The van der Waals surface area contributed by atoms with Crippen molar-refractivity contribution in [1.29, 1.82) is 0 Å². The highest BCUT2D eigenvalue weighted by Gasteiger charge is 2.32. The fourth-order valence-electron chi connectivity index (χ4n) is 5.23. The van der Waals surface area contributed by atoms with E-state index in [1.807, 2.05) is 0 Å². The first kappa shape index (κ1) is 39.5. The molecule has 1 heterocycles. The number of nitrogen functional groups attached to an aromatic ring is 1. The first-order valence-electron chi connectivity index (χ1n) is 14.8. The molecule has 52 heavy (non-hydrogen) atoms. The SMILES string of the molecule is Nc1nc(Nc2ccccc2SOOO)nc(Nc2cccc3cc(SOOO)c(N=NC4CCCC(S(=O)(=O)CCOSOOO)C4)c(O)c23)n1. The van der Waals surface area contributed by atoms with E-state index in [9.17, 15) is 13.5 Å². The van der Waals surface area contributed by atoms with E-state index < -0.39 is 21.1 Å². The van der Waals surface area contributed by atoms with Crippen molar-refractivity contribution in [2.45, 2.75) is 46.8 Å². The molecular formula is C27H30N8O13S4. The molecule has 1 saturated carbocycles. The lowest BCUT2D eigenvalue weighted by atomic mass is 9.96. The Hall–Kier alpha value is -3.67. The molecule has 280 valence electrons. The largest absolute Gasteiger partial charge is 0.505 e. The summed E-state index contributed by atoms with van der Waals surface area (Å²) in [6.45, 7) is -0.202. The van der Waals surface area contributed by atoms with Gasteiger partial charge in [0.25, 0.3) is 0 Å². The van der Waals surface area contributed by atoms with Gasteiger partial charge in [0.2, 0.25) is 17.8 Å². The zero-order valence-corrected chi connectivity index (χ0v) is 29.7. The number of rotatable bonds is 19. The Labute approximate surface area is 307 Å². The van der Waals surface area contributed by atoms with Gasteiger partial charge < -0.3 is 21.5 Å². The van der Waals surface area contributed by atoms with Crippen LogP contribution in [-0.4, -0.2) is 67.9 Å². The molecule has 5 rings (SSSR count). The average Bonchev–Trinajstić information content (AvgIpc) is 3.13. The average molecular weight is 803 g/mol. The van der Waals surface area contributed by atoms with Crippen LogP contribution in [0.5, 0.6) is 5.75 Å². The molecule has 25 heteroatoms. The van der Waals surface area contributed by atoms with Gasteiger partial charge in [0.05, 0.1) is 68.9 Å². The van der Waals surface area contributed by atoms with Crippen LogP contribution in [0.15, 0.2) is 68.6 Å². The van der Waals surface area contributed by atoms with Crippen molar-refractivity contribution >= 4 is 91.9 Å². The monoisotopic (exact) mass is 802 g/mol. The quantitative estimate of drug-likeness (QED) is 0.0176. The Morgan fingerprint density at radius 1 is 0.885 bits per heavy atom. The summed E-state index contributed by atoms with van der Waals surface area (Å²) in [7, 11) is -3.58. The second-order valence-electron chi connectivity index (χ2n) is 10.6. The van der Waals surface area contributed by atoms with Gasteiger partial charge in [-0.15, -0.1) is 13.0 Å². The number of para-hydroxylation sites is 1. The number of nitrogens with zero attached hydrogens (tertiary/aromatic N) is 5. The molecule has 0 bridgehead atoms. The zero-order valence-electron chi connectivity index (χ0n) is 26.4. The maximum absolute atomic E-state index is 13.0. The highest BCUT2D eigenvalue weighted by Crippen LogP contribution is 2.46. The predicted molar refractivity (Wildman–Crippen MR) is 187 cm³/mol. The Morgan fingerprint density at radius 3 is 2.33 bits per heavy atom. The number of phenols is 1. The molecule has 1 aliphatic rings. The number of fused-ring (bicyclic) bond motifs is 1. The van der Waals surface area contributed by atoms with E-state index in [0.29, 0.717) is 65.3 Å². The smallest absolute Gasteiger partial charge is 0.233 e. The normalized spacial score (nSPS) is 16.4. The number of aromatic nitrogens is 3. The van der Waals surface area contributed by atoms with E-state index in [-0.39, 0.29) is 58.3 Å². The van der Waals surface area contributed by atoms with Crippen molar-refractivity contribution in [3.8, 4) is 5.75 Å². The number of hydrogen-bond acceptors (Lipinski definition) is 24. The van der Waals surface area contributed by atoms with Gasteiger partial charge >= 0.3 is 0 Å². The van der Waals surface area contributed by atoms with E-state index in [1.54, 1.807) is 48.5 Å². The minimum atomic E-state index is -3.58. The Balaban J connectivity index is 1.40. The number of phenolic OH excluding ortho intramolecular Hbond substituents is 1. The number of nitrogens with one attached hydrogen (secondary N) is 2. The summed E-state index contributed by atoms with van der Waals surface area (Å²) in [6.07, 6.45) is 1.71. The molecule has 0 spiro atoms. The van der Waals surface area contributed by atoms with E-state index in [2.05, 4.69) is 63.9 Å². The van der Waals surface area contributed by atoms with E-state index >= 15 is 0 Å². The summed E-state index contributed by atoms with van der Waals surface area (Å²) in [4.78, 5) is 13.4. The van der Waals surface area contributed by atoms with Crippen LogP contribution in [-0.2, 0) is 42.1 Å².